The number of hydrogen-bond acceptors (Lipinski definition) is 4. The zero-order chi connectivity index (χ0) is 11.7. The van der Waals surface area contributed by atoms with Gasteiger partial charge in [0.1, 0.15) is 5.01 Å². The third-order valence-electron chi connectivity index (χ3n) is 4.07. The van der Waals surface area contributed by atoms with Crippen LogP contribution in [-0.4, -0.2) is 36.1 Å². The molecule has 1 aromatic rings. The molecule has 0 saturated carbocycles. The van der Waals surface area contributed by atoms with Crippen LogP contribution in [0, 0.1) is 5.41 Å². The van der Waals surface area contributed by atoms with Crippen molar-refractivity contribution in [3.8, 4) is 0 Å². The van der Waals surface area contributed by atoms with Gasteiger partial charge < -0.3 is 5.32 Å². The van der Waals surface area contributed by atoms with E-state index < -0.39 is 0 Å². The maximum Gasteiger partial charge on any atom is 0.108 e. The second-order valence-electron chi connectivity index (χ2n) is 5.27. The molecule has 0 unspecified atom stereocenters. The van der Waals surface area contributed by atoms with Gasteiger partial charge in [0.05, 0.1) is 16.5 Å². The van der Waals surface area contributed by atoms with E-state index in [0.717, 1.165) is 10.3 Å². The maximum absolute atomic E-state index is 4.43. The summed E-state index contributed by atoms with van der Waals surface area (Å²) < 4.78 is 1.14. The van der Waals surface area contributed by atoms with Crippen molar-refractivity contribution in [2.45, 2.75) is 25.8 Å². The fourth-order valence-corrected chi connectivity index (χ4v) is 4.43. The van der Waals surface area contributed by atoms with Crippen molar-refractivity contribution in [3.63, 3.8) is 0 Å². The first-order chi connectivity index (χ1) is 8.26. The fraction of sp³-hybridized carbons (Fsp3) is 0.750. The predicted octanol–water partition coefficient (Wildman–Crippen LogP) is 2.48. The smallest absolute Gasteiger partial charge is 0.108 e. The molecule has 1 N–H and O–H groups in total. The molecule has 3 rings (SSSR count). The average Bonchev–Trinajstić information content (AvgIpc) is 2.89. The van der Waals surface area contributed by atoms with Crippen LogP contribution in [0.25, 0.3) is 0 Å². The van der Waals surface area contributed by atoms with Gasteiger partial charge in [-0.05, 0) is 60.2 Å². The standard InChI is InChI=1S/C12H18BrN3S/c13-10-7-15-11(17-10)8-16-6-3-12(9-16)1-4-14-5-2-12/h7,14H,1-6,8-9H2. The lowest BCUT2D eigenvalue weighted by atomic mass is 9.78. The second-order valence-corrected chi connectivity index (χ2v) is 7.76. The van der Waals surface area contributed by atoms with Gasteiger partial charge in [0.15, 0.2) is 0 Å². The molecule has 2 aliphatic heterocycles. The van der Waals surface area contributed by atoms with Gasteiger partial charge in [-0.25, -0.2) is 4.98 Å². The minimum atomic E-state index is 0.611. The summed E-state index contributed by atoms with van der Waals surface area (Å²) in [6, 6.07) is 0. The Morgan fingerprint density at radius 3 is 2.94 bits per heavy atom. The molecule has 17 heavy (non-hydrogen) atoms. The Morgan fingerprint density at radius 1 is 1.41 bits per heavy atom. The molecule has 3 heterocycles. The van der Waals surface area contributed by atoms with Crippen molar-refractivity contribution in [2.75, 3.05) is 26.2 Å². The van der Waals surface area contributed by atoms with E-state index in [1.165, 1.54) is 50.4 Å². The Balaban J connectivity index is 1.60. The number of hydrogen-bond donors (Lipinski definition) is 1. The molecule has 2 fully saturated rings. The van der Waals surface area contributed by atoms with Gasteiger partial charge >= 0.3 is 0 Å². The van der Waals surface area contributed by atoms with Crippen LogP contribution in [0.5, 0.6) is 0 Å². The average molecular weight is 316 g/mol. The number of thiazole rings is 1. The molecule has 1 spiro atoms. The Labute approximate surface area is 115 Å². The Bertz CT molecular complexity index is 387. The molecule has 0 radical (unpaired) electrons. The third kappa shape index (κ3) is 2.72. The van der Waals surface area contributed by atoms with Gasteiger partial charge in [0, 0.05) is 6.54 Å². The molecular formula is C12H18BrN3S. The van der Waals surface area contributed by atoms with Gasteiger partial charge in [0.25, 0.3) is 0 Å². The van der Waals surface area contributed by atoms with Gasteiger partial charge in [-0.2, -0.15) is 0 Å². The quantitative estimate of drug-likeness (QED) is 0.908. The van der Waals surface area contributed by atoms with E-state index in [-0.39, 0.29) is 0 Å². The molecule has 0 aliphatic carbocycles. The van der Waals surface area contributed by atoms with E-state index in [0.29, 0.717) is 5.41 Å². The van der Waals surface area contributed by atoms with Crippen molar-refractivity contribution in [1.29, 1.82) is 0 Å². The summed E-state index contributed by atoms with van der Waals surface area (Å²) in [6.07, 6.45) is 5.99. The number of piperidine rings is 1. The van der Waals surface area contributed by atoms with Gasteiger partial charge in [0.2, 0.25) is 0 Å². The molecule has 3 nitrogen and oxygen atoms in total. The molecule has 0 amide bonds. The normalized spacial score (nSPS) is 24.5. The van der Waals surface area contributed by atoms with Crippen LogP contribution in [0.15, 0.2) is 9.98 Å². The Kier molecular flexibility index (Phi) is 3.52. The highest BCUT2D eigenvalue weighted by Gasteiger charge is 2.38. The van der Waals surface area contributed by atoms with Crippen molar-refractivity contribution >= 4 is 27.3 Å². The number of aromatic nitrogens is 1. The van der Waals surface area contributed by atoms with Crippen LogP contribution < -0.4 is 5.32 Å². The van der Waals surface area contributed by atoms with Crippen LogP contribution in [-0.2, 0) is 6.54 Å². The van der Waals surface area contributed by atoms with Crippen molar-refractivity contribution in [1.82, 2.24) is 15.2 Å². The van der Waals surface area contributed by atoms with Gasteiger partial charge in [-0.15, -0.1) is 11.3 Å². The van der Waals surface area contributed by atoms with Crippen molar-refractivity contribution < 1.29 is 0 Å². The van der Waals surface area contributed by atoms with Crippen LogP contribution >= 0.6 is 27.3 Å². The number of nitrogens with one attached hydrogen (secondary N) is 1. The van der Waals surface area contributed by atoms with Crippen LogP contribution in [0.1, 0.15) is 24.3 Å². The molecule has 2 saturated heterocycles. The van der Waals surface area contributed by atoms with Crippen molar-refractivity contribution in [3.05, 3.63) is 15.0 Å². The fourth-order valence-electron chi connectivity index (χ4n) is 3.08. The first-order valence-corrected chi connectivity index (χ1v) is 7.90. The number of likely N-dealkylation sites (tertiary alicyclic amines) is 1. The number of nitrogens with zero attached hydrogens (tertiary/aromatic N) is 2. The summed E-state index contributed by atoms with van der Waals surface area (Å²) in [7, 11) is 0. The SMILES string of the molecule is Brc1cnc(CN2CCC3(CCNCC3)C2)s1. The summed E-state index contributed by atoms with van der Waals surface area (Å²) in [5.74, 6) is 0. The highest BCUT2D eigenvalue weighted by Crippen LogP contribution is 2.39. The summed E-state index contributed by atoms with van der Waals surface area (Å²) in [6.45, 7) is 5.96. The van der Waals surface area contributed by atoms with Crippen LogP contribution in [0.3, 0.4) is 0 Å². The minimum absolute atomic E-state index is 0.611. The first kappa shape index (κ1) is 12.1. The van der Waals surface area contributed by atoms with Gasteiger partial charge in [-0.3, -0.25) is 4.90 Å². The minimum Gasteiger partial charge on any atom is -0.317 e. The topological polar surface area (TPSA) is 28.2 Å². The molecule has 1 aromatic heterocycles. The molecule has 0 atom stereocenters. The molecular weight excluding hydrogens is 298 g/mol. The summed E-state index contributed by atoms with van der Waals surface area (Å²) in [5.41, 5.74) is 0.611. The highest BCUT2D eigenvalue weighted by atomic mass is 79.9. The zero-order valence-corrected chi connectivity index (χ0v) is 12.3. The van der Waals surface area contributed by atoms with Crippen molar-refractivity contribution in [2.24, 2.45) is 5.41 Å². The highest BCUT2D eigenvalue weighted by molar-refractivity contribution is 9.11. The molecule has 2 aliphatic rings. The summed E-state index contributed by atoms with van der Waals surface area (Å²) >= 11 is 5.24. The Hall–Kier alpha value is 0.0300. The van der Waals surface area contributed by atoms with E-state index in [2.05, 4.69) is 31.1 Å². The van der Waals surface area contributed by atoms with E-state index >= 15 is 0 Å². The van der Waals surface area contributed by atoms with Crippen LogP contribution in [0.2, 0.25) is 0 Å². The van der Waals surface area contributed by atoms with E-state index in [1.807, 2.05) is 6.20 Å². The maximum atomic E-state index is 4.43. The zero-order valence-electron chi connectivity index (χ0n) is 9.91. The lowest BCUT2D eigenvalue weighted by Gasteiger charge is -2.33. The second kappa shape index (κ2) is 4.96. The molecule has 94 valence electrons. The number of rotatable bonds is 2. The summed E-state index contributed by atoms with van der Waals surface area (Å²) in [4.78, 5) is 7.01. The molecule has 0 bridgehead atoms. The largest absolute Gasteiger partial charge is 0.317 e. The van der Waals surface area contributed by atoms with E-state index in [1.54, 1.807) is 11.3 Å². The van der Waals surface area contributed by atoms with E-state index in [4.69, 9.17) is 0 Å². The monoisotopic (exact) mass is 315 g/mol. The third-order valence-corrected chi connectivity index (χ3v) is 5.53. The Morgan fingerprint density at radius 2 is 2.24 bits per heavy atom. The van der Waals surface area contributed by atoms with Crippen LogP contribution in [0.4, 0.5) is 0 Å². The predicted molar refractivity (Wildman–Crippen MR) is 74.2 cm³/mol. The molecule has 0 aromatic carbocycles. The lowest BCUT2D eigenvalue weighted by molar-refractivity contribution is 0.194. The van der Waals surface area contributed by atoms with Gasteiger partial charge in [-0.1, -0.05) is 0 Å². The first-order valence-electron chi connectivity index (χ1n) is 6.29. The number of halogens is 1. The summed E-state index contributed by atoms with van der Waals surface area (Å²) in [5, 5.41) is 4.71. The molecule has 5 heteroatoms. The lowest BCUT2D eigenvalue weighted by Crippen LogP contribution is -2.38. The van der Waals surface area contributed by atoms with E-state index in [9.17, 15) is 0 Å².